The largest absolute Gasteiger partial charge is 0.391 e. The predicted molar refractivity (Wildman–Crippen MR) is 67.4 cm³/mol. The highest BCUT2D eigenvalue weighted by molar-refractivity contribution is 5.84. The molecule has 3 nitrogen and oxygen atoms in total. The van der Waals surface area contributed by atoms with Gasteiger partial charge in [-0.3, -0.25) is 10.1 Å². The van der Waals surface area contributed by atoms with Crippen molar-refractivity contribution >= 4 is 5.91 Å². The highest BCUT2D eigenvalue weighted by atomic mass is 19.4. The van der Waals surface area contributed by atoms with Gasteiger partial charge in [-0.05, 0) is 25.7 Å². The third-order valence-corrected chi connectivity index (χ3v) is 3.39. The molecule has 112 valence electrons. The SMILES string of the molecule is CCC1NC(CC(C)C)N(C(C)CC(F)(F)F)C1=O. The molecule has 1 amide bonds. The van der Waals surface area contributed by atoms with Gasteiger partial charge in [0.25, 0.3) is 0 Å². The molecule has 0 aliphatic carbocycles. The van der Waals surface area contributed by atoms with E-state index in [1.165, 1.54) is 11.8 Å². The maximum atomic E-state index is 12.5. The summed E-state index contributed by atoms with van der Waals surface area (Å²) in [5.74, 6) is 0.117. The normalized spacial score (nSPS) is 26.3. The minimum Gasteiger partial charge on any atom is -0.323 e. The molecular formula is C13H23F3N2O. The van der Waals surface area contributed by atoms with Crippen LogP contribution in [0.2, 0.25) is 0 Å². The second-order valence-electron chi connectivity index (χ2n) is 5.69. The molecule has 1 rings (SSSR count). The number of amides is 1. The van der Waals surface area contributed by atoms with Crippen LogP contribution in [-0.4, -0.2) is 35.2 Å². The van der Waals surface area contributed by atoms with Crippen LogP contribution in [0.4, 0.5) is 13.2 Å². The first-order valence-electron chi connectivity index (χ1n) is 6.80. The minimum atomic E-state index is -4.24. The van der Waals surface area contributed by atoms with E-state index in [1.807, 2.05) is 20.8 Å². The van der Waals surface area contributed by atoms with Gasteiger partial charge in [-0.2, -0.15) is 13.2 Å². The van der Waals surface area contributed by atoms with E-state index in [2.05, 4.69) is 5.32 Å². The summed E-state index contributed by atoms with van der Waals surface area (Å²) in [5.41, 5.74) is 0. The number of rotatable bonds is 5. The lowest BCUT2D eigenvalue weighted by Crippen LogP contribution is -2.45. The summed E-state index contributed by atoms with van der Waals surface area (Å²) in [6.45, 7) is 7.33. The quantitative estimate of drug-likeness (QED) is 0.840. The Kier molecular flexibility index (Phi) is 5.24. The smallest absolute Gasteiger partial charge is 0.323 e. The molecule has 1 heterocycles. The topological polar surface area (TPSA) is 32.3 Å². The van der Waals surface area contributed by atoms with E-state index in [0.29, 0.717) is 18.8 Å². The number of halogens is 3. The second-order valence-corrected chi connectivity index (χ2v) is 5.69. The van der Waals surface area contributed by atoms with Crippen LogP contribution in [0, 0.1) is 5.92 Å². The van der Waals surface area contributed by atoms with Crippen molar-refractivity contribution in [3.05, 3.63) is 0 Å². The summed E-state index contributed by atoms with van der Waals surface area (Å²) in [4.78, 5) is 13.5. The van der Waals surface area contributed by atoms with Crippen molar-refractivity contribution in [1.29, 1.82) is 0 Å². The summed E-state index contributed by atoms with van der Waals surface area (Å²) < 4.78 is 37.5. The van der Waals surface area contributed by atoms with Crippen LogP contribution in [0.25, 0.3) is 0 Å². The fraction of sp³-hybridized carbons (Fsp3) is 0.923. The predicted octanol–water partition coefficient (Wildman–Crippen LogP) is 2.91. The van der Waals surface area contributed by atoms with Gasteiger partial charge in [-0.15, -0.1) is 0 Å². The number of carbonyl (C=O) groups is 1. The van der Waals surface area contributed by atoms with Crippen molar-refractivity contribution < 1.29 is 18.0 Å². The van der Waals surface area contributed by atoms with Crippen LogP contribution in [0.5, 0.6) is 0 Å². The zero-order valence-corrected chi connectivity index (χ0v) is 11.9. The molecule has 3 unspecified atom stereocenters. The van der Waals surface area contributed by atoms with Gasteiger partial charge in [0.15, 0.2) is 0 Å². The van der Waals surface area contributed by atoms with Crippen LogP contribution in [0.15, 0.2) is 0 Å². The Bertz CT molecular complexity index is 318. The van der Waals surface area contributed by atoms with Gasteiger partial charge >= 0.3 is 6.18 Å². The van der Waals surface area contributed by atoms with Crippen molar-refractivity contribution in [2.75, 3.05) is 0 Å². The molecule has 0 saturated carbocycles. The van der Waals surface area contributed by atoms with E-state index in [4.69, 9.17) is 0 Å². The number of nitrogens with zero attached hydrogens (tertiary/aromatic N) is 1. The lowest BCUT2D eigenvalue weighted by molar-refractivity contribution is -0.153. The first-order valence-corrected chi connectivity index (χ1v) is 6.80. The summed E-state index contributed by atoms with van der Waals surface area (Å²) in [7, 11) is 0. The fourth-order valence-corrected chi connectivity index (χ4v) is 2.60. The summed E-state index contributed by atoms with van der Waals surface area (Å²) >= 11 is 0. The van der Waals surface area contributed by atoms with E-state index >= 15 is 0 Å². The molecular weight excluding hydrogens is 257 g/mol. The van der Waals surface area contributed by atoms with Crippen molar-refractivity contribution in [3.8, 4) is 0 Å². The van der Waals surface area contributed by atoms with Crippen molar-refractivity contribution in [3.63, 3.8) is 0 Å². The number of alkyl halides is 3. The average molecular weight is 280 g/mol. The third kappa shape index (κ3) is 4.37. The molecule has 0 bridgehead atoms. The Hall–Kier alpha value is -0.780. The molecule has 1 aliphatic heterocycles. The van der Waals surface area contributed by atoms with Crippen LogP contribution >= 0.6 is 0 Å². The second kappa shape index (κ2) is 6.11. The van der Waals surface area contributed by atoms with E-state index in [1.54, 1.807) is 0 Å². The van der Waals surface area contributed by atoms with E-state index in [9.17, 15) is 18.0 Å². The van der Waals surface area contributed by atoms with Gasteiger partial charge in [-0.1, -0.05) is 20.8 Å². The zero-order valence-electron chi connectivity index (χ0n) is 11.9. The zero-order chi connectivity index (χ0) is 14.8. The molecule has 6 heteroatoms. The number of hydrogen-bond donors (Lipinski definition) is 1. The Morgan fingerprint density at radius 3 is 2.32 bits per heavy atom. The molecule has 0 aromatic rings. The molecule has 1 N–H and O–H groups in total. The summed E-state index contributed by atoms with van der Waals surface area (Å²) in [5, 5.41) is 3.15. The molecule has 0 spiro atoms. The van der Waals surface area contributed by atoms with Crippen LogP contribution in [0.1, 0.15) is 47.0 Å². The van der Waals surface area contributed by atoms with Crippen LogP contribution < -0.4 is 5.32 Å². The highest BCUT2D eigenvalue weighted by Gasteiger charge is 2.43. The molecule has 0 aromatic heterocycles. The van der Waals surface area contributed by atoms with Crippen molar-refractivity contribution in [2.45, 2.75) is 71.4 Å². The molecule has 19 heavy (non-hydrogen) atoms. The van der Waals surface area contributed by atoms with E-state index in [0.717, 1.165) is 0 Å². The first-order chi connectivity index (χ1) is 8.65. The first kappa shape index (κ1) is 16.3. The molecule has 3 atom stereocenters. The number of hydrogen-bond acceptors (Lipinski definition) is 2. The van der Waals surface area contributed by atoms with Gasteiger partial charge in [0.1, 0.15) is 0 Å². The molecule has 0 aromatic carbocycles. The fourth-order valence-electron chi connectivity index (χ4n) is 2.60. The van der Waals surface area contributed by atoms with Gasteiger partial charge in [0.2, 0.25) is 5.91 Å². The standard InChI is InChI=1S/C13H23F3N2O/c1-5-10-12(19)18(9(4)7-13(14,15)16)11(17-10)6-8(2)3/h8-11,17H,5-7H2,1-4H3. The Balaban J connectivity index is 2.82. The molecule has 1 fully saturated rings. The highest BCUT2D eigenvalue weighted by Crippen LogP contribution is 2.28. The van der Waals surface area contributed by atoms with Gasteiger partial charge < -0.3 is 4.90 Å². The Morgan fingerprint density at radius 1 is 1.32 bits per heavy atom. The van der Waals surface area contributed by atoms with E-state index in [-0.39, 0.29) is 18.1 Å². The lowest BCUT2D eigenvalue weighted by atomic mass is 10.1. The van der Waals surface area contributed by atoms with Crippen molar-refractivity contribution in [1.82, 2.24) is 10.2 Å². The maximum absolute atomic E-state index is 12.5. The summed E-state index contributed by atoms with van der Waals surface area (Å²) in [6, 6.07) is -1.17. The monoisotopic (exact) mass is 280 g/mol. The summed E-state index contributed by atoms with van der Waals surface area (Å²) in [6.07, 6.45) is -4.21. The molecule has 0 radical (unpaired) electrons. The molecule has 1 saturated heterocycles. The molecule has 1 aliphatic rings. The minimum absolute atomic E-state index is 0.204. The average Bonchev–Trinajstić information content (AvgIpc) is 2.51. The number of nitrogens with one attached hydrogen (secondary N) is 1. The van der Waals surface area contributed by atoms with Crippen molar-refractivity contribution in [2.24, 2.45) is 5.92 Å². The Morgan fingerprint density at radius 2 is 1.89 bits per heavy atom. The van der Waals surface area contributed by atoms with Gasteiger partial charge in [0.05, 0.1) is 18.6 Å². The maximum Gasteiger partial charge on any atom is 0.391 e. The van der Waals surface area contributed by atoms with Gasteiger partial charge in [0, 0.05) is 6.04 Å². The Labute approximate surface area is 112 Å². The van der Waals surface area contributed by atoms with Gasteiger partial charge in [-0.25, -0.2) is 0 Å². The third-order valence-electron chi connectivity index (χ3n) is 3.39. The van der Waals surface area contributed by atoms with Crippen LogP contribution in [0.3, 0.4) is 0 Å². The lowest BCUT2D eigenvalue weighted by Gasteiger charge is -2.31. The van der Waals surface area contributed by atoms with E-state index < -0.39 is 18.6 Å². The number of carbonyl (C=O) groups excluding carboxylic acids is 1. The van der Waals surface area contributed by atoms with Crippen LogP contribution in [-0.2, 0) is 4.79 Å².